The standard InChI is InChI=1S/C23H19BrIN3O3S/c24-16-10-11-20(31-13-12-15-6-2-1-3-7-15)18(14-16)21(29)26-23(32)28-27-22(30)17-8-4-5-9-19(17)25/h1-11,14H,12-13H2,(H,27,30)(H2,26,28,29,32). The third kappa shape index (κ3) is 7.01. The van der Waals surface area contributed by atoms with Crippen molar-refractivity contribution in [1.29, 1.82) is 0 Å². The van der Waals surface area contributed by atoms with Crippen molar-refractivity contribution in [2.24, 2.45) is 0 Å². The van der Waals surface area contributed by atoms with Crippen LogP contribution in [0.5, 0.6) is 5.75 Å². The topological polar surface area (TPSA) is 79.5 Å². The Labute approximate surface area is 213 Å². The van der Waals surface area contributed by atoms with Gasteiger partial charge in [0, 0.05) is 14.5 Å². The van der Waals surface area contributed by atoms with Gasteiger partial charge in [-0.1, -0.05) is 58.4 Å². The van der Waals surface area contributed by atoms with E-state index in [-0.39, 0.29) is 11.0 Å². The number of amides is 2. The molecule has 0 atom stereocenters. The molecule has 0 aliphatic heterocycles. The molecule has 3 N–H and O–H groups in total. The highest BCUT2D eigenvalue weighted by molar-refractivity contribution is 14.1. The molecule has 0 bridgehead atoms. The molecule has 0 heterocycles. The molecule has 0 aliphatic carbocycles. The second-order valence-corrected chi connectivity index (χ2v) is 9.05. The van der Waals surface area contributed by atoms with Crippen molar-refractivity contribution in [3.63, 3.8) is 0 Å². The van der Waals surface area contributed by atoms with Crippen LogP contribution in [0.25, 0.3) is 0 Å². The van der Waals surface area contributed by atoms with E-state index >= 15 is 0 Å². The molecule has 3 rings (SSSR count). The fourth-order valence-electron chi connectivity index (χ4n) is 2.76. The Bertz CT molecular complexity index is 1130. The summed E-state index contributed by atoms with van der Waals surface area (Å²) < 4.78 is 7.37. The van der Waals surface area contributed by atoms with E-state index in [2.05, 4.69) is 54.7 Å². The number of carbonyl (C=O) groups excluding carboxylic acids is 2. The van der Waals surface area contributed by atoms with Crippen molar-refractivity contribution in [2.45, 2.75) is 6.42 Å². The van der Waals surface area contributed by atoms with Gasteiger partial charge in [-0.2, -0.15) is 0 Å². The van der Waals surface area contributed by atoms with Crippen LogP contribution in [0.2, 0.25) is 0 Å². The lowest BCUT2D eigenvalue weighted by Gasteiger charge is -2.14. The van der Waals surface area contributed by atoms with Gasteiger partial charge in [0.25, 0.3) is 11.8 Å². The molecule has 0 saturated carbocycles. The Morgan fingerprint density at radius 2 is 1.62 bits per heavy atom. The van der Waals surface area contributed by atoms with E-state index in [9.17, 15) is 9.59 Å². The van der Waals surface area contributed by atoms with E-state index in [0.717, 1.165) is 13.6 Å². The van der Waals surface area contributed by atoms with Gasteiger partial charge in [-0.15, -0.1) is 0 Å². The molecular formula is C23H19BrIN3O3S. The average molecular weight is 624 g/mol. The van der Waals surface area contributed by atoms with Crippen LogP contribution in [0.15, 0.2) is 77.3 Å². The lowest BCUT2D eigenvalue weighted by Crippen LogP contribution is -2.48. The normalized spacial score (nSPS) is 10.2. The molecule has 9 heteroatoms. The minimum Gasteiger partial charge on any atom is -0.492 e. The summed E-state index contributed by atoms with van der Waals surface area (Å²) in [6.07, 6.45) is 0.711. The van der Waals surface area contributed by atoms with Crippen LogP contribution in [0.4, 0.5) is 0 Å². The maximum atomic E-state index is 12.8. The quantitative estimate of drug-likeness (QED) is 0.212. The molecule has 3 aromatic rings. The number of benzene rings is 3. The number of hydrogen-bond donors (Lipinski definition) is 3. The monoisotopic (exact) mass is 623 g/mol. The van der Waals surface area contributed by atoms with Gasteiger partial charge in [-0.25, -0.2) is 0 Å². The van der Waals surface area contributed by atoms with Gasteiger partial charge >= 0.3 is 0 Å². The van der Waals surface area contributed by atoms with E-state index in [1.165, 1.54) is 0 Å². The summed E-state index contributed by atoms with van der Waals surface area (Å²) in [4.78, 5) is 25.1. The van der Waals surface area contributed by atoms with E-state index in [1.54, 1.807) is 30.3 Å². The second-order valence-electron chi connectivity index (χ2n) is 6.57. The molecule has 164 valence electrons. The van der Waals surface area contributed by atoms with Crippen molar-refractivity contribution >= 4 is 67.7 Å². The van der Waals surface area contributed by atoms with Crippen molar-refractivity contribution in [3.8, 4) is 5.75 Å². The minimum atomic E-state index is -0.456. The molecule has 0 unspecified atom stereocenters. The zero-order valence-electron chi connectivity index (χ0n) is 16.7. The van der Waals surface area contributed by atoms with Gasteiger partial charge < -0.3 is 4.74 Å². The molecule has 0 fully saturated rings. The van der Waals surface area contributed by atoms with Crippen molar-refractivity contribution in [3.05, 3.63) is 97.5 Å². The first-order chi connectivity index (χ1) is 15.4. The van der Waals surface area contributed by atoms with Crippen LogP contribution >= 0.6 is 50.7 Å². The largest absolute Gasteiger partial charge is 0.492 e. The van der Waals surface area contributed by atoms with Crippen molar-refractivity contribution < 1.29 is 14.3 Å². The van der Waals surface area contributed by atoms with Gasteiger partial charge in [0.1, 0.15) is 5.75 Å². The molecule has 0 aromatic heterocycles. The highest BCUT2D eigenvalue weighted by Crippen LogP contribution is 2.23. The highest BCUT2D eigenvalue weighted by atomic mass is 127. The van der Waals surface area contributed by atoms with Crippen LogP contribution in [0.1, 0.15) is 26.3 Å². The third-order valence-corrected chi connectivity index (χ3v) is 5.95. The minimum absolute atomic E-state index is 0.0375. The zero-order chi connectivity index (χ0) is 22.9. The summed E-state index contributed by atoms with van der Waals surface area (Å²) in [6.45, 7) is 0.417. The van der Waals surface area contributed by atoms with Gasteiger partial charge in [0.15, 0.2) is 5.11 Å². The van der Waals surface area contributed by atoms with Gasteiger partial charge in [-0.05, 0) is 70.7 Å². The molecule has 0 saturated heterocycles. The Kier molecular flexibility index (Phi) is 9.00. The van der Waals surface area contributed by atoms with Crippen LogP contribution in [0.3, 0.4) is 0 Å². The lowest BCUT2D eigenvalue weighted by atomic mass is 10.1. The SMILES string of the molecule is O=C(NNC(=S)NC(=O)c1cc(Br)ccc1OCCc1ccccc1)c1ccccc1I. The van der Waals surface area contributed by atoms with Gasteiger partial charge in [0.2, 0.25) is 0 Å². The zero-order valence-corrected chi connectivity index (χ0v) is 21.3. The number of halogens is 2. The molecule has 3 aromatic carbocycles. The molecule has 0 spiro atoms. The number of rotatable bonds is 6. The van der Waals surface area contributed by atoms with E-state index < -0.39 is 5.91 Å². The molecule has 6 nitrogen and oxygen atoms in total. The molecule has 0 aliphatic rings. The van der Waals surface area contributed by atoms with E-state index in [0.29, 0.717) is 29.9 Å². The first-order valence-electron chi connectivity index (χ1n) is 9.56. The molecule has 0 radical (unpaired) electrons. The first kappa shape index (κ1) is 24.1. The van der Waals surface area contributed by atoms with Gasteiger partial charge in [-0.3, -0.25) is 25.8 Å². The first-order valence-corrected chi connectivity index (χ1v) is 11.8. The average Bonchev–Trinajstić information content (AvgIpc) is 2.79. The summed E-state index contributed by atoms with van der Waals surface area (Å²) in [5.41, 5.74) is 7.00. The second kappa shape index (κ2) is 11.9. The fraction of sp³-hybridized carbons (Fsp3) is 0.0870. The fourth-order valence-corrected chi connectivity index (χ4v) is 3.89. The summed E-state index contributed by atoms with van der Waals surface area (Å²) in [7, 11) is 0. The van der Waals surface area contributed by atoms with Crippen LogP contribution in [-0.2, 0) is 6.42 Å². The summed E-state index contributed by atoms with van der Waals surface area (Å²) in [5.74, 6) is -0.381. The number of thiocarbonyl (C=S) groups is 1. The summed E-state index contributed by atoms with van der Waals surface area (Å²) in [6, 6.07) is 22.2. The Morgan fingerprint density at radius 1 is 0.906 bits per heavy atom. The Balaban J connectivity index is 1.57. The summed E-state index contributed by atoms with van der Waals surface area (Å²) in [5, 5.41) is 2.52. The van der Waals surface area contributed by atoms with Crippen LogP contribution < -0.4 is 20.9 Å². The van der Waals surface area contributed by atoms with Crippen molar-refractivity contribution in [1.82, 2.24) is 16.2 Å². The number of ether oxygens (including phenoxy) is 1. The lowest BCUT2D eigenvalue weighted by molar-refractivity contribution is 0.0933. The third-order valence-electron chi connectivity index (χ3n) is 4.31. The number of hydrogen-bond acceptors (Lipinski definition) is 4. The van der Waals surface area contributed by atoms with Crippen molar-refractivity contribution in [2.75, 3.05) is 6.61 Å². The van der Waals surface area contributed by atoms with Gasteiger partial charge in [0.05, 0.1) is 17.7 Å². The maximum Gasteiger partial charge on any atom is 0.270 e. The maximum absolute atomic E-state index is 12.8. The smallest absolute Gasteiger partial charge is 0.270 e. The van der Waals surface area contributed by atoms with Crippen LogP contribution in [-0.4, -0.2) is 23.5 Å². The number of hydrazine groups is 1. The predicted molar refractivity (Wildman–Crippen MR) is 140 cm³/mol. The molecule has 32 heavy (non-hydrogen) atoms. The highest BCUT2D eigenvalue weighted by Gasteiger charge is 2.16. The Morgan fingerprint density at radius 3 is 2.38 bits per heavy atom. The number of nitrogens with one attached hydrogen (secondary N) is 3. The van der Waals surface area contributed by atoms with Crippen LogP contribution in [0, 0.1) is 3.57 Å². The predicted octanol–water partition coefficient (Wildman–Crippen LogP) is 4.62. The summed E-state index contributed by atoms with van der Waals surface area (Å²) >= 11 is 10.6. The molecule has 2 amide bonds. The molecular weight excluding hydrogens is 605 g/mol. The number of carbonyl (C=O) groups is 2. The Hall–Kier alpha value is -2.50. The van der Waals surface area contributed by atoms with E-state index in [1.807, 2.05) is 42.5 Å². The van der Waals surface area contributed by atoms with E-state index in [4.69, 9.17) is 17.0 Å².